The third kappa shape index (κ3) is 89.8. The van der Waals surface area contributed by atoms with E-state index in [2.05, 4.69) is 179 Å². The molecule has 5 unspecified atom stereocenters. The lowest BCUT2D eigenvalue weighted by Gasteiger charge is -2.21. The van der Waals surface area contributed by atoms with Crippen molar-refractivity contribution in [2.45, 2.75) is 399 Å². The number of ether oxygens (including phenoxy) is 3. The largest absolute Gasteiger partial charge is 0.472 e. The molecule has 0 fully saturated rings. The molecule has 115 heavy (non-hydrogen) atoms. The van der Waals surface area contributed by atoms with E-state index in [0.29, 0.717) is 19.3 Å². The molecule has 0 aromatic rings. The van der Waals surface area contributed by atoms with Crippen molar-refractivity contribution < 1.29 is 75.8 Å². The zero-order chi connectivity index (χ0) is 83.6. The van der Waals surface area contributed by atoms with Gasteiger partial charge in [-0.25, -0.2) is 9.13 Å². The molecule has 0 aromatic heterocycles. The normalized spacial score (nSPS) is 14.5. The van der Waals surface area contributed by atoms with Crippen LogP contribution in [0.2, 0.25) is 0 Å². The van der Waals surface area contributed by atoms with Gasteiger partial charge in [-0.1, -0.05) is 378 Å². The third-order valence-corrected chi connectivity index (χ3v) is 21.1. The van der Waals surface area contributed by atoms with E-state index in [1.165, 1.54) is 161 Å². The fraction of sp³-hybridized carbons (Fsp3) is 0.701. The SMILES string of the molecule is CC/C=C\C/C=C\C/C=C\C/C=C\C/C=C\C/C=C\CCCCCCCCCCCCCCCCCCC(=O)OCC(O)COP(=O)(O)OCC(O)COP(=O)(O)OCC(COC(=O)CCCCCCCCCCCCCCCCC/C=C\C/C=C\C/C=C\C/C=C\C/C=C\CC)OC(=O)CCCCCCC/C=C\C/C=C\CCC. The van der Waals surface area contributed by atoms with Crippen LogP contribution in [0.15, 0.2) is 158 Å². The maximum absolute atomic E-state index is 13.0. The molecular weight excluding hydrogens is 1480 g/mol. The molecule has 0 aromatic carbocycles. The number of hydrogen-bond donors (Lipinski definition) is 4. The third-order valence-electron chi connectivity index (χ3n) is 19.2. The van der Waals surface area contributed by atoms with Crippen molar-refractivity contribution in [3.63, 3.8) is 0 Å². The number of allylic oxidation sites excluding steroid dienone is 26. The van der Waals surface area contributed by atoms with E-state index < -0.39 is 91.5 Å². The monoisotopic (exact) mass is 1650 g/mol. The van der Waals surface area contributed by atoms with Gasteiger partial charge in [-0.05, 0) is 141 Å². The van der Waals surface area contributed by atoms with Crippen LogP contribution in [0, 0.1) is 0 Å². The molecule has 0 aliphatic heterocycles. The highest BCUT2D eigenvalue weighted by Gasteiger charge is 2.29. The predicted octanol–water partition coefficient (Wildman–Crippen LogP) is 28.1. The Morgan fingerprint density at radius 3 is 0.730 bits per heavy atom. The minimum absolute atomic E-state index is 0.0872. The van der Waals surface area contributed by atoms with Gasteiger partial charge in [0.25, 0.3) is 0 Å². The summed E-state index contributed by atoms with van der Waals surface area (Å²) in [4.78, 5) is 58.8. The quantitative estimate of drug-likeness (QED) is 0.0146. The number of rotatable bonds is 86. The summed E-state index contributed by atoms with van der Waals surface area (Å²) in [5, 5.41) is 20.7. The lowest BCUT2D eigenvalue weighted by Crippen LogP contribution is -2.30. The molecule has 0 saturated heterocycles. The molecular formula is C97H166O16P2. The number of phosphoric acid groups is 2. The van der Waals surface area contributed by atoms with Crippen LogP contribution < -0.4 is 0 Å². The topological polar surface area (TPSA) is 231 Å². The number of hydrogen-bond acceptors (Lipinski definition) is 14. The van der Waals surface area contributed by atoms with Crippen molar-refractivity contribution in [1.82, 2.24) is 0 Å². The van der Waals surface area contributed by atoms with Gasteiger partial charge < -0.3 is 34.2 Å². The summed E-state index contributed by atoms with van der Waals surface area (Å²) in [6, 6.07) is 0. The molecule has 0 saturated carbocycles. The minimum atomic E-state index is -4.94. The predicted molar refractivity (Wildman–Crippen MR) is 482 cm³/mol. The van der Waals surface area contributed by atoms with Crippen LogP contribution in [0.1, 0.15) is 380 Å². The average Bonchev–Trinajstić information content (AvgIpc) is 0.905. The fourth-order valence-corrected chi connectivity index (χ4v) is 13.9. The van der Waals surface area contributed by atoms with Gasteiger partial charge >= 0.3 is 33.6 Å². The lowest BCUT2D eigenvalue weighted by molar-refractivity contribution is -0.161. The first-order chi connectivity index (χ1) is 56.2. The van der Waals surface area contributed by atoms with Crippen molar-refractivity contribution in [2.24, 2.45) is 0 Å². The highest BCUT2D eigenvalue weighted by Crippen LogP contribution is 2.45. The Hall–Kier alpha value is -4.83. The molecule has 16 nitrogen and oxygen atoms in total. The number of unbranched alkanes of at least 4 members (excludes halogenated alkanes) is 37. The highest BCUT2D eigenvalue weighted by atomic mass is 31.2. The van der Waals surface area contributed by atoms with E-state index in [9.17, 15) is 43.5 Å². The molecule has 4 N–H and O–H groups in total. The summed E-state index contributed by atoms with van der Waals surface area (Å²) in [7, 11) is -9.80. The van der Waals surface area contributed by atoms with Crippen molar-refractivity contribution >= 4 is 33.6 Å². The van der Waals surface area contributed by atoms with Gasteiger partial charge in [-0.3, -0.25) is 32.5 Å². The van der Waals surface area contributed by atoms with E-state index in [-0.39, 0.29) is 19.3 Å². The van der Waals surface area contributed by atoms with Crippen LogP contribution in [0.25, 0.3) is 0 Å². The second kappa shape index (κ2) is 88.5. The number of esters is 3. The number of phosphoric ester groups is 2. The Bertz CT molecular complexity index is 2720. The van der Waals surface area contributed by atoms with Crippen LogP contribution in [-0.2, 0) is 55.8 Å². The first-order valence-corrected chi connectivity index (χ1v) is 48.8. The van der Waals surface area contributed by atoms with Gasteiger partial charge in [-0.2, -0.15) is 0 Å². The van der Waals surface area contributed by atoms with Crippen LogP contribution in [0.4, 0.5) is 0 Å². The molecule has 0 bridgehead atoms. The molecule has 0 aliphatic rings. The Morgan fingerprint density at radius 2 is 0.461 bits per heavy atom. The van der Waals surface area contributed by atoms with Crippen molar-refractivity contribution in [2.75, 3.05) is 39.6 Å². The highest BCUT2D eigenvalue weighted by molar-refractivity contribution is 7.47. The van der Waals surface area contributed by atoms with Crippen LogP contribution in [-0.4, -0.2) is 95.9 Å². The van der Waals surface area contributed by atoms with Crippen LogP contribution >= 0.6 is 15.6 Å². The molecule has 0 aliphatic carbocycles. The number of carbonyl (C=O) groups excluding carboxylic acids is 3. The smallest absolute Gasteiger partial charge is 0.463 e. The molecule has 0 heterocycles. The standard InChI is InChI=1S/C97H166O16P2/c1-4-7-10-13-16-19-22-25-27-29-31-33-35-37-39-41-43-44-45-46-48-50-51-53-55-57-59-61-63-66-68-71-74-77-80-83-95(100)107-86-92(98)87-109-114(103,104)110-88-93(99)89-111-115(105,106)112-91-94(113-97(102)85-82-79-76-73-70-65-24-21-18-15-12-9-6-3)90-108-96(101)84-81-78-75-72-69-67-64-62-60-58-56-54-52-49-47-42-40-38-36-34-32-30-28-26-23-20-17-14-11-8-5-2/h7-8,10-12,15-17,19-21,24-28,31-34,37-40,43-44,92-94,98-99H,4-6,9,13-14,18,22-23,29-30,35-36,41-42,45-91H2,1-3H3,(H,103,104)(H,105,106)/b10-7-,11-8-,15-12-,19-16-,20-17-,24-21-,27-25-,28-26-,33-31-,34-32-,39-37-,40-38-,44-43-. The van der Waals surface area contributed by atoms with E-state index >= 15 is 0 Å². The number of aliphatic hydroxyl groups is 2. The summed E-state index contributed by atoms with van der Waals surface area (Å²) in [6.07, 6.45) is 113. The molecule has 0 radical (unpaired) electrons. The molecule has 5 atom stereocenters. The zero-order valence-corrected chi connectivity index (χ0v) is 74.5. The van der Waals surface area contributed by atoms with E-state index in [4.69, 9.17) is 32.3 Å². The Labute approximate surface area is 701 Å². The van der Waals surface area contributed by atoms with Gasteiger partial charge in [0.1, 0.15) is 25.4 Å². The molecule has 0 amide bonds. The Balaban J connectivity index is 4.38. The summed E-state index contributed by atoms with van der Waals surface area (Å²) in [5.41, 5.74) is 0. The summed E-state index contributed by atoms with van der Waals surface area (Å²) >= 11 is 0. The second-order valence-electron chi connectivity index (χ2n) is 30.3. The zero-order valence-electron chi connectivity index (χ0n) is 72.7. The summed E-state index contributed by atoms with van der Waals surface area (Å²) in [6.45, 7) is 2.41. The van der Waals surface area contributed by atoms with E-state index in [0.717, 1.165) is 161 Å². The molecule has 18 heteroatoms. The van der Waals surface area contributed by atoms with Crippen molar-refractivity contribution in [3.8, 4) is 0 Å². The Morgan fingerprint density at radius 1 is 0.252 bits per heavy atom. The van der Waals surface area contributed by atoms with E-state index in [1.807, 2.05) is 0 Å². The first kappa shape index (κ1) is 110. The van der Waals surface area contributed by atoms with Gasteiger partial charge in [0.15, 0.2) is 6.10 Å². The maximum Gasteiger partial charge on any atom is 0.472 e. The van der Waals surface area contributed by atoms with Gasteiger partial charge in [0, 0.05) is 19.3 Å². The average molecular weight is 1650 g/mol. The maximum atomic E-state index is 13.0. The van der Waals surface area contributed by atoms with E-state index in [1.54, 1.807) is 0 Å². The van der Waals surface area contributed by atoms with Gasteiger partial charge in [0.05, 0.1) is 26.4 Å². The lowest BCUT2D eigenvalue weighted by atomic mass is 10.0. The molecule has 0 rings (SSSR count). The first-order valence-electron chi connectivity index (χ1n) is 45.8. The van der Waals surface area contributed by atoms with Gasteiger partial charge in [0.2, 0.25) is 0 Å². The molecule has 660 valence electrons. The van der Waals surface area contributed by atoms with Gasteiger partial charge in [-0.15, -0.1) is 0 Å². The minimum Gasteiger partial charge on any atom is -0.463 e. The molecule has 0 spiro atoms. The number of carbonyl (C=O) groups is 3. The Kier molecular flexibility index (Phi) is 84.7. The fourth-order valence-electron chi connectivity index (χ4n) is 12.3. The van der Waals surface area contributed by atoms with Crippen molar-refractivity contribution in [1.29, 1.82) is 0 Å². The van der Waals surface area contributed by atoms with Crippen molar-refractivity contribution in [3.05, 3.63) is 158 Å². The summed E-state index contributed by atoms with van der Waals surface area (Å²) in [5.74, 6) is -1.58. The summed E-state index contributed by atoms with van der Waals surface area (Å²) < 4.78 is 61.3. The van der Waals surface area contributed by atoms with Crippen LogP contribution in [0.3, 0.4) is 0 Å². The number of aliphatic hydroxyl groups excluding tert-OH is 2. The second-order valence-corrected chi connectivity index (χ2v) is 33.2. The van der Waals surface area contributed by atoms with Crippen LogP contribution in [0.5, 0.6) is 0 Å².